The molecule has 1 unspecified atom stereocenters. The van der Waals surface area contributed by atoms with Gasteiger partial charge in [-0.2, -0.15) is 0 Å². The molecule has 0 bridgehead atoms. The number of anilines is 1. The summed E-state index contributed by atoms with van der Waals surface area (Å²) in [5.74, 6) is 0.295. The van der Waals surface area contributed by atoms with E-state index in [0.717, 1.165) is 30.4 Å². The number of unbranched alkanes of at least 4 members (excludes halogenated alkanes) is 2. The van der Waals surface area contributed by atoms with E-state index in [1.807, 2.05) is 56.3 Å². The van der Waals surface area contributed by atoms with Gasteiger partial charge in [0, 0.05) is 12.7 Å². The van der Waals surface area contributed by atoms with Gasteiger partial charge in [0.1, 0.15) is 15.8 Å². The summed E-state index contributed by atoms with van der Waals surface area (Å²) in [5, 5.41) is 3.32. The summed E-state index contributed by atoms with van der Waals surface area (Å²) in [6, 6.07) is 13.3. The number of hydrogen-bond donors (Lipinski definition) is 1. The molecule has 2 aromatic heterocycles. The van der Waals surface area contributed by atoms with E-state index < -0.39 is 0 Å². The maximum absolute atomic E-state index is 13.5. The molecule has 0 aliphatic carbocycles. The van der Waals surface area contributed by atoms with Crippen LogP contribution in [0.15, 0.2) is 58.4 Å². The second-order valence-corrected chi connectivity index (χ2v) is 10.1. The molecule has 1 aliphatic rings. The third-order valence-corrected chi connectivity index (χ3v) is 7.18. The SMILES string of the molecule is CCCCCNc1nc2ccc(C)cn2c(=O)c1/C=C1/SC(=S)N(C(C)c2ccccc2)C1=O. The van der Waals surface area contributed by atoms with Crippen LogP contribution in [0.4, 0.5) is 5.82 Å². The third-order valence-electron chi connectivity index (χ3n) is 5.85. The van der Waals surface area contributed by atoms with Gasteiger partial charge in [-0.15, -0.1) is 0 Å². The minimum absolute atomic E-state index is 0.197. The molecule has 1 saturated heterocycles. The molecule has 176 valence electrons. The second kappa shape index (κ2) is 10.5. The van der Waals surface area contributed by atoms with Crippen LogP contribution in [0.25, 0.3) is 11.7 Å². The Hall–Kier alpha value is -2.97. The first-order valence-electron chi connectivity index (χ1n) is 11.5. The number of rotatable bonds is 8. The summed E-state index contributed by atoms with van der Waals surface area (Å²) in [5.41, 5.74) is 2.67. The lowest BCUT2D eigenvalue weighted by Gasteiger charge is -2.23. The summed E-state index contributed by atoms with van der Waals surface area (Å²) in [6.45, 7) is 6.74. The summed E-state index contributed by atoms with van der Waals surface area (Å²) >= 11 is 6.78. The molecule has 1 atom stereocenters. The average molecular weight is 493 g/mol. The molecule has 1 aliphatic heterocycles. The van der Waals surface area contributed by atoms with Crippen molar-refractivity contribution in [2.75, 3.05) is 11.9 Å². The number of aryl methyl sites for hydroxylation is 1. The quantitative estimate of drug-likeness (QED) is 0.252. The molecule has 1 fully saturated rings. The van der Waals surface area contributed by atoms with E-state index in [4.69, 9.17) is 17.2 Å². The normalized spacial score (nSPS) is 16.0. The Labute approximate surface area is 209 Å². The Balaban J connectivity index is 1.74. The van der Waals surface area contributed by atoms with Crippen LogP contribution in [0.2, 0.25) is 0 Å². The van der Waals surface area contributed by atoms with Crippen molar-refractivity contribution in [1.82, 2.24) is 14.3 Å². The van der Waals surface area contributed by atoms with Crippen LogP contribution in [-0.2, 0) is 4.79 Å². The number of nitrogens with one attached hydrogen (secondary N) is 1. The predicted molar refractivity (Wildman–Crippen MR) is 144 cm³/mol. The highest BCUT2D eigenvalue weighted by atomic mass is 32.2. The van der Waals surface area contributed by atoms with Crippen molar-refractivity contribution in [3.63, 3.8) is 0 Å². The van der Waals surface area contributed by atoms with Crippen molar-refractivity contribution in [2.24, 2.45) is 0 Å². The first kappa shape index (κ1) is 24.2. The highest BCUT2D eigenvalue weighted by Crippen LogP contribution is 2.38. The van der Waals surface area contributed by atoms with Crippen molar-refractivity contribution >= 4 is 51.7 Å². The van der Waals surface area contributed by atoms with Crippen LogP contribution in [0, 0.1) is 6.92 Å². The fourth-order valence-corrected chi connectivity index (χ4v) is 5.33. The molecule has 0 saturated carbocycles. The fourth-order valence-electron chi connectivity index (χ4n) is 3.93. The number of nitrogens with zero attached hydrogens (tertiary/aromatic N) is 3. The summed E-state index contributed by atoms with van der Waals surface area (Å²) in [4.78, 5) is 33.6. The number of hydrogen-bond acceptors (Lipinski definition) is 6. The molecule has 3 heterocycles. The molecule has 1 amide bonds. The van der Waals surface area contributed by atoms with Crippen LogP contribution in [0.1, 0.15) is 55.8 Å². The van der Waals surface area contributed by atoms with Gasteiger partial charge in [-0.25, -0.2) is 4.98 Å². The number of carbonyl (C=O) groups is 1. The van der Waals surface area contributed by atoms with Gasteiger partial charge in [0.05, 0.1) is 16.5 Å². The first-order valence-corrected chi connectivity index (χ1v) is 12.7. The van der Waals surface area contributed by atoms with Gasteiger partial charge in [0.25, 0.3) is 11.5 Å². The second-order valence-electron chi connectivity index (χ2n) is 8.39. The van der Waals surface area contributed by atoms with Gasteiger partial charge in [-0.05, 0) is 43.5 Å². The van der Waals surface area contributed by atoms with Gasteiger partial charge >= 0.3 is 0 Å². The molecule has 8 heteroatoms. The molecule has 1 aromatic carbocycles. The maximum Gasteiger partial charge on any atom is 0.267 e. The van der Waals surface area contributed by atoms with E-state index in [0.29, 0.717) is 32.8 Å². The van der Waals surface area contributed by atoms with Crippen molar-refractivity contribution in [1.29, 1.82) is 0 Å². The molecule has 0 radical (unpaired) electrons. The van der Waals surface area contributed by atoms with E-state index in [1.54, 1.807) is 17.2 Å². The lowest BCUT2D eigenvalue weighted by Crippen LogP contribution is -2.31. The minimum atomic E-state index is -0.215. The van der Waals surface area contributed by atoms with E-state index in [2.05, 4.69) is 12.2 Å². The molecule has 34 heavy (non-hydrogen) atoms. The fraction of sp³-hybridized carbons (Fsp3) is 0.308. The van der Waals surface area contributed by atoms with Crippen molar-refractivity contribution in [2.45, 2.75) is 46.1 Å². The first-order chi connectivity index (χ1) is 16.4. The zero-order chi connectivity index (χ0) is 24.2. The number of thioether (sulfide) groups is 1. The van der Waals surface area contributed by atoms with E-state index in [1.165, 1.54) is 16.2 Å². The number of aromatic nitrogens is 2. The average Bonchev–Trinajstić information content (AvgIpc) is 3.12. The third kappa shape index (κ3) is 4.93. The highest BCUT2D eigenvalue weighted by molar-refractivity contribution is 8.26. The predicted octanol–water partition coefficient (Wildman–Crippen LogP) is 5.57. The van der Waals surface area contributed by atoms with Gasteiger partial charge in [-0.3, -0.25) is 18.9 Å². The Kier molecular flexibility index (Phi) is 7.48. The monoisotopic (exact) mass is 492 g/mol. The number of fused-ring (bicyclic) bond motifs is 1. The number of amides is 1. The molecule has 6 nitrogen and oxygen atoms in total. The van der Waals surface area contributed by atoms with Crippen LogP contribution >= 0.6 is 24.0 Å². The zero-order valence-corrected chi connectivity index (χ0v) is 21.2. The van der Waals surface area contributed by atoms with Crippen molar-refractivity contribution in [3.8, 4) is 0 Å². The van der Waals surface area contributed by atoms with Crippen LogP contribution in [0.5, 0.6) is 0 Å². The van der Waals surface area contributed by atoms with Crippen molar-refractivity contribution in [3.05, 3.63) is 80.6 Å². The summed E-state index contributed by atoms with van der Waals surface area (Å²) < 4.78 is 2.01. The molecular formula is C26H28N4O2S2. The van der Waals surface area contributed by atoms with Gasteiger partial charge < -0.3 is 5.32 Å². The van der Waals surface area contributed by atoms with Crippen molar-refractivity contribution < 1.29 is 4.79 Å². The van der Waals surface area contributed by atoms with Gasteiger partial charge in [0.2, 0.25) is 0 Å². The topological polar surface area (TPSA) is 66.7 Å². The van der Waals surface area contributed by atoms with Gasteiger partial charge in [-0.1, -0.05) is 80.1 Å². The lowest BCUT2D eigenvalue weighted by atomic mass is 10.1. The number of carbonyl (C=O) groups excluding carboxylic acids is 1. The number of pyridine rings is 1. The molecule has 4 rings (SSSR count). The van der Waals surface area contributed by atoms with E-state index in [9.17, 15) is 9.59 Å². The van der Waals surface area contributed by atoms with Crippen LogP contribution in [-0.4, -0.2) is 31.1 Å². The largest absolute Gasteiger partial charge is 0.369 e. The number of thiocarbonyl (C=S) groups is 1. The molecule has 1 N–H and O–H groups in total. The molecular weight excluding hydrogens is 464 g/mol. The summed E-state index contributed by atoms with van der Waals surface area (Å²) in [6.07, 6.45) is 6.57. The lowest BCUT2D eigenvalue weighted by molar-refractivity contribution is -0.123. The van der Waals surface area contributed by atoms with Crippen LogP contribution in [0.3, 0.4) is 0 Å². The Morgan fingerprint density at radius 2 is 1.91 bits per heavy atom. The van der Waals surface area contributed by atoms with Crippen LogP contribution < -0.4 is 10.9 Å². The zero-order valence-electron chi connectivity index (χ0n) is 19.6. The Bertz CT molecular complexity index is 1320. The van der Waals surface area contributed by atoms with E-state index >= 15 is 0 Å². The Morgan fingerprint density at radius 3 is 2.65 bits per heavy atom. The minimum Gasteiger partial charge on any atom is -0.369 e. The molecule has 0 spiro atoms. The van der Waals surface area contributed by atoms with Gasteiger partial charge in [0.15, 0.2) is 0 Å². The maximum atomic E-state index is 13.5. The highest BCUT2D eigenvalue weighted by Gasteiger charge is 2.36. The number of benzene rings is 1. The smallest absolute Gasteiger partial charge is 0.267 e. The standard InChI is InChI=1S/C26H28N4O2S2/c1-4-5-9-14-27-23-20(24(31)29-16-17(2)12-13-22(29)28-23)15-21-25(32)30(26(33)34-21)18(3)19-10-7-6-8-11-19/h6-8,10-13,15-16,18,27H,4-5,9,14H2,1-3H3/b21-15+. The summed E-state index contributed by atoms with van der Waals surface area (Å²) in [7, 11) is 0. The van der Waals surface area contributed by atoms with E-state index in [-0.39, 0.29) is 17.5 Å². The Morgan fingerprint density at radius 1 is 1.15 bits per heavy atom. The molecule has 3 aromatic rings.